The summed E-state index contributed by atoms with van der Waals surface area (Å²) in [6.07, 6.45) is 2.09. The highest BCUT2D eigenvalue weighted by Gasteiger charge is 2.23. The average Bonchev–Trinajstić information content (AvgIpc) is 2.54. The number of piperidine rings is 1. The van der Waals surface area contributed by atoms with Crippen LogP contribution < -0.4 is 10.5 Å². The average molecular weight is 292 g/mol. The third-order valence-electron chi connectivity index (χ3n) is 3.74. The summed E-state index contributed by atoms with van der Waals surface area (Å²) in [5.41, 5.74) is 6.57. The molecule has 0 bridgehead atoms. The minimum Gasteiger partial charge on any atom is -0.483 e. The van der Waals surface area contributed by atoms with Gasteiger partial charge in [0, 0.05) is 31.8 Å². The second-order valence-corrected chi connectivity index (χ2v) is 5.14. The molecule has 1 aliphatic rings. The Bertz CT molecular complexity index is 457. The number of nitrogens with two attached hydrogens (primary N) is 1. The van der Waals surface area contributed by atoms with Gasteiger partial charge in [0.25, 0.3) is 5.91 Å². The van der Waals surface area contributed by atoms with Gasteiger partial charge in [0.05, 0.1) is 6.10 Å². The van der Waals surface area contributed by atoms with Crippen molar-refractivity contribution in [1.82, 2.24) is 4.90 Å². The normalized spacial score (nSPS) is 16.0. The molecule has 0 spiro atoms. The molecule has 0 aliphatic carbocycles. The molecule has 2 rings (SSSR count). The van der Waals surface area contributed by atoms with Gasteiger partial charge in [-0.15, -0.1) is 0 Å². The Morgan fingerprint density at radius 2 is 2.05 bits per heavy atom. The van der Waals surface area contributed by atoms with Crippen LogP contribution in [0.2, 0.25) is 0 Å². The van der Waals surface area contributed by atoms with Gasteiger partial charge in [0.15, 0.2) is 6.61 Å². The van der Waals surface area contributed by atoms with Crippen molar-refractivity contribution in [2.45, 2.75) is 32.4 Å². The molecule has 0 aromatic heterocycles. The Morgan fingerprint density at radius 1 is 1.33 bits per heavy atom. The number of carbonyl (C=O) groups is 1. The van der Waals surface area contributed by atoms with Crippen LogP contribution in [-0.2, 0) is 16.1 Å². The molecule has 0 radical (unpaired) electrons. The van der Waals surface area contributed by atoms with Crippen molar-refractivity contribution in [2.24, 2.45) is 5.73 Å². The lowest BCUT2D eigenvalue weighted by Crippen LogP contribution is -2.43. The molecular weight excluding hydrogens is 268 g/mol. The third-order valence-corrected chi connectivity index (χ3v) is 3.74. The zero-order chi connectivity index (χ0) is 15.1. The highest BCUT2D eigenvalue weighted by atomic mass is 16.5. The molecule has 1 fully saturated rings. The van der Waals surface area contributed by atoms with Crippen molar-refractivity contribution in [3.8, 4) is 5.75 Å². The number of hydrogen-bond donors (Lipinski definition) is 1. The topological polar surface area (TPSA) is 64.8 Å². The summed E-state index contributed by atoms with van der Waals surface area (Å²) in [7, 11) is 0. The minimum atomic E-state index is 0.0248. The monoisotopic (exact) mass is 292 g/mol. The van der Waals surface area contributed by atoms with E-state index in [1.807, 2.05) is 36.1 Å². The predicted molar refractivity (Wildman–Crippen MR) is 81.1 cm³/mol. The minimum absolute atomic E-state index is 0.0248. The lowest BCUT2D eigenvalue weighted by atomic mass is 10.1. The maximum absolute atomic E-state index is 12.2. The van der Waals surface area contributed by atoms with Crippen LogP contribution >= 0.6 is 0 Å². The molecule has 0 saturated carbocycles. The van der Waals surface area contributed by atoms with E-state index < -0.39 is 0 Å². The summed E-state index contributed by atoms with van der Waals surface area (Å²) in [5.74, 6) is 0.717. The number of nitrogens with zero attached hydrogens (tertiary/aromatic N) is 1. The van der Waals surface area contributed by atoms with Gasteiger partial charge in [-0.3, -0.25) is 4.79 Å². The quantitative estimate of drug-likeness (QED) is 0.864. The molecule has 1 aliphatic heterocycles. The van der Waals surface area contributed by atoms with Gasteiger partial charge in [0.1, 0.15) is 5.75 Å². The summed E-state index contributed by atoms with van der Waals surface area (Å²) in [6, 6.07) is 7.55. The molecule has 2 N–H and O–H groups in total. The van der Waals surface area contributed by atoms with Crippen LogP contribution in [-0.4, -0.2) is 43.2 Å². The fourth-order valence-corrected chi connectivity index (χ4v) is 2.55. The summed E-state index contributed by atoms with van der Waals surface area (Å²) in [4.78, 5) is 14.0. The molecule has 5 nitrogen and oxygen atoms in total. The molecule has 5 heteroatoms. The predicted octanol–water partition coefficient (Wildman–Crippen LogP) is 1.55. The fraction of sp³-hybridized carbons (Fsp3) is 0.562. The van der Waals surface area contributed by atoms with Gasteiger partial charge >= 0.3 is 0 Å². The maximum atomic E-state index is 12.2. The maximum Gasteiger partial charge on any atom is 0.260 e. The van der Waals surface area contributed by atoms with Crippen LogP contribution in [0.4, 0.5) is 0 Å². The van der Waals surface area contributed by atoms with Gasteiger partial charge in [0.2, 0.25) is 0 Å². The summed E-state index contributed by atoms with van der Waals surface area (Å²) in [5, 5.41) is 0. The standard InChI is InChI=1S/C16H24N2O3/c1-2-20-14-7-9-18(10-8-14)16(19)12-21-15-6-4-3-5-13(15)11-17/h3-6,14H,2,7-12,17H2,1H3. The van der Waals surface area contributed by atoms with E-state index in [1.54, 1.807) is 0 Å². The highest BCUT2D eigenvalue weighted by Crippen LogP contribution is 2.18. The van der Waals surface area contributed by atoms with E-state index in [2.05, 4.69) is 0 Å². The second-order valence-electron chi connectivity index (χ2n) is 5.14. The van der Waals surface area contributed by atoms with Crippen LogP contribution in [0.25, 0.3) is 0 Å². The van der Waals surface area contributed by atoms with Gasteiger partial charge in [-0.05, 0) is 25.8 Å². The van der Waals surface area contributed by atoms with Crippen molar-refractivity contribution >= 4 is 5.91 Å². The first-order chi connectivity index (χ1) is 10.2. The van der Waals surface area contributed by atoms with Crippen LogP contribution in [0.5, 0.6) is 5.75 Å². The molecule has 1 heterocycles. The first-order valence-corrected chi connectivity index (χ1v) is 7.54. The molecule has 0 atom stereocenters. The van der Waals surface area contributed by atoms with Crippen molar-refractivity contribution in [3.63, 3.8) is 0 Å². The highest BCUT2D eigenvalue weighted by molar-refractivity contribution is 5.77. The number of rotatable bonds is 6. The zero-order valence-corrected chi connectivity index (χ0v) is 12.6. The first kappa shape index (κ1) is 15.8. The molecule has 1 aromatic carbocycles. The molecule has 116 valence electrons. The van der Waals surface area contributed by atoms with Gasteiger partial charge in [-0.25, -0.2) is 0 Å². The SMILES string of the molecule is CCOC1CCN(C(=O)COc2ccccc2CN)CC1. The second kappa shape index (κ2) is 8.00. The molecular formula is C16H24N2O3. The molecule has 1 amide bonds. The number of benzene rings is 1. The lowest BCUT2D eigenvalue weighted by Gasteiger charge is -2.31. The van der Waals surface area contributed by atoms with E-state index in [4.69, 9.17) is 15.2 Å². The molecule has 1 saturated heterocycles. The first-order valence-electron chi connectivity index (χ1n) is 7.54. The van der Waals surface area contributed by atoms with Crippen molar-refractivity contribution in [2.75, 3.05) is 26.3 Å². The van der Waals surface area contributed by atoms with Crippen LogP contribution in [0, 0.1) is 0 Å². The Balaban J connectivity index is 1.80. The van der Waals surface area contributed by atoms with Gasteiger partial charge in [-0.2, -0.15) is 0 Å². The van der Waals surface area contributed by atoms with Gasteiger partial charge in [-0.1, -0.05) is 18.2 Å². The largest absolute Gasteiger partial charge is 0.483 e. The Hall–Kier alpha value is -1.59. The number of amides is 1. The van der Waals surface area contributed by atoms with E-state index in [9.17, 15) is 4.79 Å². The summed E-state index contributed by atoms with van der Waals surface area (Å²) in [6.45, 7) is 4.69. The Kier molecular flexibility index (Phi) is 6.02. The number of ether oxygens (including phenoxy) is 2. The lowest BCUT2D eigenvalue weighted by molar-refractivity contribution is -0.135. The van der Waals surface area contributed by atoms with E-state index in [1.165, 1.54) is 0 Å². The number of likely N-dealkylation sites (tertiary alicyclic amines) is 1. The molecule has 1 aromatic rings. The number of para-hydroxylation sites is 1. The van der Waals surface area contributed by atoms with Crippen molar-refractivity contribution in [3.05, 3.63) is 29.8 Å². The van der Waals surface area contributed by atoms with E-state index in [-0.39, 0.29) is 18.6 Å². The number of carbonyl (C=O) groups excluding carboxylic acids is 1. The van der Waals surface area contributed by atoms with Crippen LogP contribution in [0.1, 0.15) is 25.3 Å². The summed E-state index contributed by atoms with van der Waals surface area (Å²) < 4.78 is 11.2. The Labute approximate surface area is 126 Å². The van der Waals surface area contributed by atoms with E-state index in [0.29, 0.717) is 12.3 Å². The van der Waals surface area contributed by atoms with Crippen molar-refractivity contribution < 1.29 is 14.3 Å². The third kappa shape index (κ3) is 4.44. The van der Waals surface area contributed by atoms with Crippen LogP contribution in [0.3, 0.4) is 0 Å². The summed E-state index contributed by atoms with van der Waals surface area (Å²) >= 11 is 0. The Morgan fingerprint density at radius 3 is 2.71 bits per heavy atom. The fourth-order valence-electron chi connectivity index (χ4n) is 2.55. The van der Waals surface area contributed by atoms with Crippen LogP contribution in [0.15, 0.2) is 24.3 Å². The number of hydrogen-bond acceptors (Lipinski definition) is 4. The van der Waals surface area contributed by atoms with Gasteiger partial charge < -0.3 is 20.1 Å². The zero-order valence-electron chi connectivity index (χ0n) is 12.6. The molecule has 0 unspecified atom stereocenters. The van der Waals surface area contributed by atoms with E-state index in [0.717, 1.165) is 38.1 Å². The molecule has 21 heavy (non-hydrogen) atoms. The van der Waals surface area contributed by atoms with E-state index >= 15 is 0 Å². The van der Waals surface area contributed by atoms with Crippen molar-refractivity contribution in [1.29, 1.82) is 0 Å². The smallest absolute Gasteiger partial charge is 0.260 e.